The van der Waals surface area contributed by atoms with Crippen LogP contribution in [0.1, 0.15) is 24.0 Å². The minimum Gasteiger partial charge on any atom is -0.497 e. The summed E-state index contributed by atoms with van der Waals surface area (Å²) < 4.78 is 10.9. The number of fused-ring (bicyclic) bond motifs is 1. The van der Waals surface area contributed by atoms with Gasteiger partial charge in [-0.3, -0.25) is 9.59 Å². The molecule has 1 atom stereocenters. The van der Waals surface area contributed by atoms with Crippen LogP contribution in [0.3, 0.4) is 0 Å². The standard InChI is InChI=1S/C23H24N2O4/c1-15-5-7-18(8-6-15)25(23(27)21-4-3-11-29-21)14-17-12-16-13-19(28-2)9-10-20(16)24-22(17)26/h5-10,12-13,21H,3-4,11,14H2,1-2H3,(H,24,26)/t21-/m1/s1. The zero-order chi connectivity index (χ0) is 20.4. The van der Waals surface area contributed by atoms with Crippen LogP contribution in [0.5, 0.6) is 5.75 Å². The second-order valence-electron chi connectivity index (χ2n) is 7.34. The number of methoxy groups -OCH3 is 1. The number of ether oxygens (including phenoxy) is 2. The fraction of sp³-hybridized carbons (Fsp3) is 0.304. The summed E-state index contributed by atoms with van der Waals surface area (Å²) in [5, 5.41) is 0.854. The summed E-state index contributed by atoms with van der Waals surface area (Å²) in [6, 6.07) is 15.0. The minimum absolute atomic E-state index is 0.114. The molecule has 4 rings (SSSR count). The molecule has 0 saturated carbocycles. The van der Waals surface area contributed by atoms with Gasteiger partial charge >= 0.3 is 0 Å². The van der Waals surface area contributed by atoms with Crippen molar-refractivity contribution < 1.29 is 14.3 Å². The number of H-pyrrole nitrogens is 1. The van der Waals surface area contributed by atoms with E-state index in [4.69, 9.17) is 9.47 Å². The molecule has 0 radical (unpaired) electrons. The van der Waals surface area contributed by atoms with E-state index >= 15 is 0 Å². The lowest BCUT2D eigenvalue weighted by Gasteiger charge is -2.25. The number of hydrogen-bond acceptors (Lipinski definition) is 4. The van der Waals surface area contributed by atoms with E-state index in [0.717, 1.165) is 28.6 Å². The Morgan fingerprint density at radius 2 is 2.00 bits per heavy atom. The number of rotatable bonds is 5. The monoisotopic (exact) mass is 392 g/mol. The molecule has 2 aromatic carbocycles. The van der Waals surface area contributed by atoms with Crippen LogP contribution in [0.15, 0.2) is 53.3 Å². The SMILES string of the molecule is COc1ccc2[nH]c(=O)c(CN(C(=O)[C@H]3CCCO3)c3ccc(C)cc3)cc2c1. The molecule has 29 heavy (non-hydrogen) atoms. The first-order valence-electron chi connectivity index (χ1n) is 9.75. The van der Waals surface area contributed by atoms with Crippen LogP contribution < -0.4 is 15.2 Å². The predicted molar refractivity (Wildman–Crippen MR) is 112 cm³/mol. The van der Waals surface area contributed by atoms with Crippen molar-refractivity contribution in [3.8, 4) is 5.75 Å². The predicted octanol–water partition coefficient (Wildman–Crippen LogP) is 3.56. The molecule has 0 bridgehead atoms. The molecular formula is C23H24N2O4. The van der Waals surface area contributed by atoms with Crippen LogP contribution >= 0.6 is 0 Å². The lowest BCUT2D eigenvalue weighted by atomic mass is 10.1. The van der Waals surface area contributed by atoms with E-state index in [0.29, 0.717) is 24.3 Å². The number of anilines is 1. The van der Waals surface area contributed by atoms with Gasteiger partial charge < -0.3 is 19.4 Å². The summed E-state index contributed by atoms with van der Waals surface area (Å²) in [5.41, 5.74) is 2.89. The maximum absolute atomic E-state index is 13.2. The van der Waals surface area contributed by atoms with Crippen LogP contribution in [-0.2, 0) is 16.1 Å². The summed E-state index contributed by atoms with van der Waals surface area (Å²) in [4.78, 5) is 30.4. The van der Waals surface area contributed by atoms with Gasteiger partial charge in [-0.2, -0.15) is 0 Å². The molecule has 3 aromatic rings. The van der Waals surface area contributed by atoms with Crippen molar-refractivity contribution in [2.45, 2.75) is 32.4 Å². The van der Waals surface area contributed by atoms with Crippen molar-refractivity contribution in [3.05, 3.63) is 70.0 Å². The van der Waals surface area contributed by atoms with Gasteiger partial charge in [-0.15, -0.1) is 0 Å². The minimum atomic E-state index is -0.462. The average Bonchev–Trinajstić information content (AvgIpc) is 3.27. The highest BCUT2D eigenvalue weighted by Gasteiger charge is 2.29. The molecular weight excluding hydrogens is 368 g/mol. The number of aryl methyl sites for hydroxylation is 1. The molecule has 1 aliphatic rings. The molecule has 0 unspecified atom stereocenters. The van der Waals surface area contributed by atoms with Crippen molar-refractivity contribution in [3.63, 3.8) is 0 Å². The summed E-state index contributed by atoms with van der Waals surface area (Å²) in [6.07, 6.45) is 1.11. The fourth-order valence-corrected chi connectivity index (χ4v) is 3.61. The second kappa shape index (κ2) is 8.09. The van der Waals surface area contributed by atoms with Gasteiger partial charge in [-0.25, -0.2) is 0 Å². The first kappa shape index (κ1) is 19.2. The highest BCUT2D eigenvalue weighted by atomic mass is 16.5. The lowest BCUT2D eigenvalue weighted by molar-refractivity contribution is -0.127. The molecule has 1 N–H and O–H groups in total. The van der Waals surface area contributed by atoms with E-state index in [-0.39, 0.29) is 18.0 Å². The van der Waals surface area contributed by atoms with E-state index < -0.39 is 6.10 Å². The summed E-state index contributed by atoms with van der Waals surface area (Å²) >= 11 is 0. The summed E-state index contributed by atoms with van der Waals surface area (Å²) in [5.74, 6) is 0.595. The smallest absolute Gasteiger partial charge is 0.256 e. The quantitative estimate of drug-likeness (QED) is 0.721. The zero-order valence-electron chi connectivity index (χ0n) is 16.6. The number of aromatic nitrogens is 1. The van der Waals surface area contributed by atoms with Crippen LogP contribution in [0.2, 0.25) is 0 Å². The van der Waals surface area contributed by atoms with Crippen molar-refractivity contribution in [1.82, 2.24) is 4.98 Å². The number of amides is 1. The third-order valence-electron chi connectivity index (χ3n) is 5.27. The van der Waals surface area contributed by atoms with Gasteiger partial charge in [0, 0.05) is 28.8 Å². The number of aromatic amines is 1. The Morgan fingerprint density at radius 3 is 2.69 bits per heavy atom. The van der Waals surface area contributed by atoms with Crippen molar-refractivity contribution >= 4 is 22.5 Å². The first-order valence-corrected chi connectivity index (χ1v) is 9.75. The highest BCUT2D eigenvalue weighted by molar-refractivity contribution is 5.96. The normalized spacial score (nSPS) is 16.1. The molecule has 6 heteroatoms. The van der Waals surface area contributed by atoms with Crippen LogP contribution in [0.4, 0.5) is 5.69 Å². The Balaban J connectivity index is 1.73. The van der Waals surface area contributed by atoms with Crippen molar-refractivity contribution in [2.24, 2.45) is 0 Å². The van der Waals surface area contributed by atoms with Crippen LogP contribution in [-0.4, -0.2) is 30.7 Å². The molecule has 6 nitrogen and oxygen atoms in total. The Morgan fingerprint density at radius 1 is 1.21 bits per heavy atom. The van der Waals surface area contributed by atoms with Gasteiger partial charge in [0.05, 0.1) is 13.7 Å². The Kier molecular flexibility index (Phi) is 5.36. The molecule has 0 spiro atoms. The molecule has 0 aliphatic carbocycles. The molecule has 1 saturated heterocycles. The van der Waals surface area contributed by atoms with Gasteiger partial charge in [0.25, 0.3) is 11.5 Å². The van der Waals surface area contributed by atoms with Gasteiger partial charge in [0.2, 0.25) is 0 Å². The summed E-state index contributed by atoms with van der Waals surface area (Å²) in [6.45, 7) is 2.76. The number of hydrogen-bond donors (Lipinski definition) is 1. The average molecular weight is 392 g/mol. The largest absolute Gasteiger partial charge is 0.497 e. The Hall–Kier alpha value is -3.12. The Bertz CT molecular complexity index is 1080. The lowest BCUT2D eigenvalue weighted by Crippen LogP contribution is -2.39. The van der Waals surface area contributed by atoms with E-state index in [9.17, 15) is 9.59 Å². The van der Waals surface area contributed by atoms with E-state index in [1.54, 1.807) is 18.1 Å². The van der Waals surface area contributed by atoms with E-state index in [1.807, 2.05) is 49.4 Å². The highest BCUT2D eigenvalue weighted by Crippen LogP contribution is 2.24. The molecule has 2 heterocycles. The van der Waals surface area contributed by atoms with Crippen LogP contribution in [0, 0.1) is 6.92 Å². The second-order valence-corrected chi connectivity index (χ2v) is 7.34. The van der Waals surface area contributed by atoms with Gasteiger partial charge in [-0.05, 0) is 56.2 Å². The third kappa shape index (κ3) is 4.03. The molecule has 1 aliphatic heterocycles. The van der Waals surface area contributed by atoms with Crippen LogP contribution in [0.25, 0.3) is 10.9 Å². The number of pyridine rings is 1. The topological polar surface area (TPSA) is 71.6 Å². The number of benzene rings is 2. The first-order chi connectivity index (χ1) is 14.0. The van der Waals surface area contributed by atoms with Crippen molar-refractivity contribution in [1.29, 1.82) is 0 Å². The molecule has 1 amide bonds. The summed E-state index contributed by atoms with van der Waals surface area (Å²) in [7, 11) is 1.60. The molecule has 1 aromatic heterocycles. The van der Waals surface area contributed by atoms with Gasteiger partial charge in [-0.1, -0.05) is 17.7 Å². The maximum Gasteiger partial charge on any atom is 0.256 e. The number of nitrogens with one attached hydrogen (secondary N) is 1. The van der Waals surface area contributed by atoms with Gasteiger partial charge in [0.15, 0.2) is 0 Å². The Labute approximate surface area is 169 Å². The fourth-order valence-electron chi connectivity index (χ4n) is 3.61. The van der Waals surface area contributed by atoms with Crippen molar-refractivity contribution in [2.75, 3.05) is 18.6 Å². The zero-order valence-corrected chi connectivity index (χ0v) is 16.6. The molecule has 1 fully saturated rings. The number of nitrogens with zero attached hydrogens (tertiary/aromatic N) is 1. The number of carbonyl (C=O) groups excluding carboxylic acids is 1. The van der Waals surface area contributed by atoms with Gasteiger partial charge in [0.1, 0.15) is 11.9 Å². The number of carbonyl (C=O) groups is 1. The molecule has 150 valence electrons. The van der Waals surface area contributed by atoms with E-state index in [2.05, 4.69) is 4.98 Å². The maximum atomic E-state index is 13.2. The van der Waals surface area contributed by atoms with E-state index in [1.165, 1.54) is 0 Å². The third-order valence-corrected chi connectivity index (χ3v) is 5.27.